The molecule has 0 aliphatic heterocycles. The summed E-state index contributed by atoms with van der Waals surface area (Å²) in [5.41, 5.74) is 0. The van der Waals surface area contributed by atoms with Gasteiger partial charge in [-0.2, -0.15) is 0 Å². The van der Waals surface area contributed by atoms with Crippen LogP contribution < -0.4 is 5.32 Å². The average molecular weight is 208 g/mol. The summed E-state index contributed by atoms with van der Waals surface area (Å²) >= 11 is 0. The van der Waals surface area contributed by atoms with Crippen LogP contribution in [0.25, 0.3) is 0 Å². The predicted octanol–water partition coefficient (Wildman–Crippen LogP) is 3.62. The highest BCUT2D eigenvalue weighted by atomic mass is 35.5. The molecule has 0 spiro atoms. The van der Waals surface area contributed by atoms with E-state index in [9.17, 15) is 0 Å². The highest BCUT2D eigenvalue weighted by Crippen LogP contribution is 2.12. The van der Waals surface area contributed by atoms with Crippen molar-refractivity contribution in [1.82, 2.24) is 5.32 Å². The molecule has 0 amide bonds. The smallest absolute Gasteiger partial charge is 0.00236 e. The Hall–Kier alpha value is 0.250. The van der Waals surface area contributed by atoms with Gasteiger partial charge in [0.25, 0.3) is 0 Å². The maximum absolute atomic E-state index is 3.26. The van der Waals surface area contributed by atoms with E-state index >= 15 is 0 Å². The second-order valence-corrected chi connectivity index (χ2v) is 3.68. The fourth-order valence-electron chi connectivity index (χ4n) is 1.60. The average Bonchev–Trinajstić information content (AvgIpc) is 2.10. The zero-order valence-corrected chi connectivity index (χ0v) is 10.3. The minimum atomic E-state index is 0. The SMILES string of the molecule is CCCCCCC(CC)CNC.Cl. The van der Waals surface area contributed by atoms with Gasteiger partial charge in [-0.05, 0) is 25.9 Å². The summed E-state index contributed by atoms with van der Waals surface area (Å²) in [5, 5.41) is 3.26. The van der Waals surface area contributed by atoms with Crippen molar-refractivity contribution in [2.75, 3.05) is 13.6 Å². The molecule has 82 valence electrons. The summed E-state index contributed by atoms with van der Waals surface area (Å²) < 4.78 is 0. The van der Waals surface area contributed by atoms with Gasteiger partial charge in [-0.15, -0.1) is 12.4 Å². The Morgan fingerprint density at radius 2 is 1.77 bits per heavy atom. The van der Waals surface area contributed by atoms with Crippen LogP contribution in [0.15, 0.2) is 0 Å². The minimum absolute atomic E-state index is 0. The van der Waals surface area contributed by atoms with Gasteiger partial charge in [0.05, 0.1) is 0 Å². The van der Waals surface area contributed by atoms with Gasteiger partial charge >= 0.3 is 0 Å². The molecule has 0 saturated carbocycles. The van der Waals surface area contributed by atoms with Crippen LogP contribution in [0.4, 0.5) is 0 Å². The van der Waals surface area contributed by atoms with Crippen LogP contribution in [0.2, 0.25) is 0 Å². The highest BCUT2D eigenvalue weighted by Gasteiger charge is 2.03. The Labute approximate surface area is 90.1 Å². The molecule has 0 fully saturated rings. The van der Waals surface area contributed by atoms with Crippen LogP contribution in [0.5, 0.6) is 0 Å². The van der Waals surface area contributed by atoms with Gasteiger partial charge in [-0.25, -0.2) is 0 Å². The molecular weight excluding hydrogens is 182 g/mol. The van der Waals surface area contributed by atoms with Crippen molar-refractivity contribution < 1.29 is 0 Å². The summed E-state index contributed by atoms with van der Waals surface area (Å²) in [6.45, 7) is 5.76. The minimum Gasteiger partial charge on any atom is -0.319 e. The fourth-order valence-corrected chi connectivity index (χ4v) is 1.60. The van der Waals surface area contributed by atoms with Gasteiger partial charge in [0.2, 0.25) is 0 Å². The molecule has 0 aromatic heterocycles. The monoisotopic (exact) mass is 207 g/mol. The van der Waals surface area contributed by atoms with Gasteiger partial charge in [0, 0.05) is 0 Å². The van der Waals surface area contributed by atoms with E-state index < -0.39 is 0 Å². The van der Waals surface area contributed by atoms with Crippen LogP contribution >= 0.6 is 12.4 Å². The van der Waals surface area contributed by atoms with Crippen LogP contribution in [-0.4, -0.2) is 13.6 Å². The van der Waals surface area contributed by atoms with Crippen LogP contribution in [0.1, 0.15) is 52.4 Å². The van der Waals surface area contributed by atoms with E-state index in [1.165, 1.54) is 45.1 Å². The third-order valence-corrected chi connectivity index (χ3v) is 2.54. The second kappa shape index (κ2) is 12.2. The Kier molecular flexibility index (Phi) is 14.8. The zero-order chi connectivity index (χ0) is 9.23. The first-order valence-corrected chi connectivity index (χ1v) is 5.49. The molecule has 1 N–H and O–H groups in total. The van der Waals surface area contributed by atoms with Crippen molar-refractivity contribution in [3.63, 3.8) is 0 Å². The summed E-state index contributed by atoms with van der Waals surface area (Å²) in [4.78, 5) is 0. The molecule has 0 saturated heterocycles. The van der Waals surface area contributed by atoms with Crippen molar-refractivity contribution in [3.05, 3.63) is 0 Å². The van der Waals surface area contributed by atoms with E-state index in [0.29, 0.717) is 0 Å². The molecule has 0 aromatic carbocycles. The molecular formula is C11H26ClN. The summed E-state index contributed by atoms with van der Waals surface area (Å²) in [7, 11) is 2.05. The number of halogens is 1. The van der Waals surface area contributed by atoms with Gasteiger partial charge < -0.3 is 5.32 Å². The molecule has 1 unspecified atom stereocenters. The van der Waals surface area contributed by atoms with Gasteiger partial charge in [-0.1, -0.05) is 46.0 Å². The highest BCUT2D eigenvalue weighted by molar-refractivity contribution is 5.85. The Bertz CT molecular complexity index is 86.2. The number of rotatable bonds is 8. The molecule has 1 atom stereocenters. The summed E-state index contributed by atoms with van der Waals surface area (Å²) in [6, 6.07) is 0. The largest absolute Gasteiger partial charge is 0.319 e. The third kappa shape index (κ3) is 10.2. The molecule has 13 heavy (non-hydrogen) atoms. The summed E-state index contributed by atoms with van der Waals surface area (Å²) in [6.07, 6.45) is 8.36. The van der Waals surface area contributed by atoms with E-state index in [2.05, 4.69) is 26.2 Å². The van der Waals surface area contributed by atoms with Crippen LogP contribution in [0, 0.1) is 5.92 Å². The zero-order valence-electron chi connectivity index (χ0n) is 9.44. The fraction of sp³-hybridized carbons (Fsp3) is 1.00. The molecule has 1 nitrogen and oxygen atoms in total. The van der Waals surface area contributed by atoms with Crippen molar-refractivity contribution in [1.29, 1.82) is 0 Å². The van der Waals surface area contributed by atoms with Crippen LogP contribution in [-0.2, 0) is 0 Å². The Balaban J connectivity index is 0. The van der Waals surface area contributed by atoms with Crippen molar-refractivity contribution in [3.8, 4) is 0 Å². The summed E-state index contributed by atoms with van der Waals surface area (Å²) in [5.74, 6) is 0.909. The van der Waals surface area contributed by atoms with E-state index in [0.717, 1.165) is 5.92 Å². The number of hydrogen-bond donors (Lipinski definition) is 1. The van der Waals surface area contributed by atoms with Crippen molar-refractivity contribution >= 4 is 12.4 Å². The van der Waals surface area contributed by atoms with Crippen molar-refractivity contribution in [2.45, 2.75) is 52.4 Å². The standard InChI is InChI=1S/C11H25N.ClH/c1-4-6-7-8-9-11(5-2)10-12-3;/h11-12H,4-10H2,1-3H3;1H. The molecule has 0 rings (SSSR count). The quantitative estimate of drug-likeness (QED) is 0.600. The lowest BCUT2D eigenvalue weighted by Crippen LogP contribution is -2.18. The Morgan fingerprint density at radius 1 is 1.08 bits per heavy atom. The molecule has 0 heterocycles. The molecule has 0 aliphatic carbocycles. The molecule has 0 aromatic rings. The lowest BCUT2D eigenvalue weighted by Gasteiger charge is -2.13. The van der Waals surface area contributed by atoms with Gasteiger partial charge in [0.1, 0.15) is 0 Å². The van der Waals surface area contributed by atoms with Gasteiger partial charge in [0.15, 0.2) is 0 Å². The number of unbranched alkanes of at least 4 members (excludes halogenated alkanes) is 3. The Morgan fingerprint density at radius 3 is 2.23 bits per heavy atom. The molecule has 0 radical (unpaired) electrons. The predicted molar refractivity (Wildman–Crippen MR) is 63.7 cm³/mol. The van der Waals surface area contributed by atoms with E-state index in [1.54, 1.807) is 0 Å². The first-order chi connectivity index (χ1) is 5.85. The molecule has 2 heteroatoms. The molecule has 0 aliphatic rings. The maximum Gasteiger partial charge on any atom is -0.00236 e. The second-order valence-electron chi connectivity index (χ2n) is 3.68. The first kappa shape index (κ1) is 15.7. The van der Waals surface area contributed by atoms with E-state index in [-0.39, 0.29) is 12.4 Å². The van der Waals surface area contributed by atoms with Gasteiger partial charge in [-0.3, -0.25) is 0 Å². The third-order valence-electron chi connectivity index (χ3n) is 2.54. The lowest BCUT2D eigenvalue weighted by molar-refractivity contribution is 0.426. The van der Waals surface area contributed by atoms with E-state index in [1.807, 2.05) is 0 Å². The topological polar surface area (TPSA) is 12.0 Å². The van der Waals surface area contributed by atoms with Crippen LogP contribution in [0.3, 0.4) is 0 Å². The van der Waals surface area contributed by atoms with E-state index in [4.69, 9.17) is 0 Å². The number of hydrogen-bond acceptors (Lipinski definition) is 1. The maximum atomic E-state index is 3.26. The number of nitrogens with one attached hydrogen (secondary N) is 1. The van der Waals surface area contributed by atoms with Crippen molar-refractivity contribution in [2.24, 2.45) is 5.92 Å². The lowest BCUT2D eigenvalue weighted by atomic mass is 9.98. The molecule has 0 bridgehead atoms. The first-order valence-electron chi connectivity index (χ1n) is 5.49. The normalized spacial score (nSPS) is 12.2.